The molecule has 0 aliphatic rings. The maximum Gasteiger partial charge on any atom is 0.344 e. The van der Waals surface area contributed by atoms with Gasteiger partial charge in [0.2, 0.25) is 0 Å². The van der Waals surface area contributed by atoms with Crippen molar-refractivity contribution in [2.45, 2.75) is 93.9 Å². The smallest absolute Gasteiger partial charge is 0.344 e. The Morgan fingerprint density at radius 2 is 0.709 bits per heavy atom. The van der Waals surface area contributed by atoms with Gasteiger partial charge in [0.15, 0.2) is 19.8 Å². The molecule has 0 aromatic heterocycles. The monoisotopic (exact) mass is 1200 g/mol. The van der Waals surface area contributed by atoms with E-state index in [1.165, 1.54) is 24.3 Å². The van der Waals surface area contributed by atoms with E-state index in [1.54, 1.807) is 85.7 Å². The molecular weight excluding hydrogens is 1120 g/mol. The molecule has 0 aliphatic heterocycles. The average molecular weight is 1200 g/mol. The van der Waals surface area contributed by atoms with Crippen molar-refractivity contribution < 1.29 is 102 Å². The number of nitrogens with two attached hydrogens (primary N) is 1. The SMILES string of the molecule is CCOC(=O)COc1ccc(C[C@H](C)C(=O)O)cc1C(=O)OCC.CCOC(=O)COc1ccc(C[C@H](C)C(=O)OCc2ccccc2)cc1C(=O)OCC.CCOC(=O)COc1ccc(C[C@H](N)C(=O)OCc2ccccc2)cc1C(=O)OCC.[HH]. The highest BCUT2D eigenvalue weighted by Gasteiger charge is 2.23. The lowest BCUT2D eigenvalue weighted by Gasteiger charge is -2.15. The van der Waals surface area contributed by atoms with E-state index in [1.807, 2.05) is 60.7 Å². The Balaban J connectivity index is 0.000000447. The summed E-state index contributed by atoms with van der Waals surface area (Å²) in [6.07, 6.45) is 0.788. The fourth-order valence-electron chi connectivity index (χ4n) is 7.53. The van der Waals surface area contributed by atoms with Crippen molar-refractivity contribution >= 4 is 53.7 Å². The van der Waals surface area contributed by atoms with Crippen LogP contribution in [0.4, 0.5) is 0 Å². The molecule has 0 heterocycles. The van der Waals surface area contributed by atoms with Gasteiger partial charge in [-0.25, -0.2) is 28.8 Å². The number of carboxylic acid groups (broad SMARTS) is 1. The molecule has 22 nitrogen and oxygen atoms in total. The standard InChI is InChI=1S/C24H28O7.C23H27NO7.C17H22O7.H2/c1-4-28-22(25)16-30-21-12-11-19(14-20(21)24(27)29-5-2)13-17(3)23(26)31-15-18-9-7-6-8-10-18;1-3-28-21(25)15-30-20-11-10-17(12-18(20)22(26)29-4-2)13-19(24)23(27)31-14-16-8-6-5-7-9-16;1-4-22-15(18)10-24-14-7-6-12(8-11(3)16(19)20)9-13(14)17(21)23-5-2;/h6-12,14,17H,4-5,13,15-16H2,1-3H3;5-12,19H,3-4,13-15,24H2,1-2H3;6-7,9,11H,4-5,8,10H2,1-3H3,(H,19,20);1H/t17-;19-;11-;/m000./s1. The van der Waals surface area contributed by atoms with Gasteiger partial charge < -0.3 is 62.9 Å². The number of benzene rings is 5. The Bertz CT molecular complexity index is 2840. The molecule has 0 aliphatic carbocycles. The molecule has 0 bridgehead atoms. The van der Waals surface area contributed by atoms with Gasteiger partial charge in [-0.15, -0.1) is 0 Å². The van der Waals surface area contributed by atoms with E-state index in [2.05, 4.69) is 0 Å². The number of carbonyl (C=O) groups excluding carboxylic acids is 8. The first-order valence-electron chi connectivity index (χ1n) is 27.9. The third-order valence-electron chi connectivity index (χ3n) is 11.7. The molecule has 3 N–H and O–H groups in total. The predicted octanol–water partition coefficient (Wildman–Crippen LogP) is 8.46. The van der Waals surface area contributed by atoms with Crippen LogP contribution in [0.1, 0.15) is 116 Å². The zero-order valence-electron chi connectivity index (χ0n) is 49.8. The van der Waals surface area contributed by atoms with Crippen molar-refractivity contribution in [2.24, 2.45) is 17.6 Å². The van der Waals surface area contributed by atoms with E-state index in [9.17, 15) is 43.2 Å². The van der Waals surface area contributed by atoms with Crippen molar-refractivity contribution in [2.75, 3.05) is 59.5 Å². The molecule has 5 aromatic rings. The van der Waals surface area contributed by atoms with Gasteiger partial charge in [-0.3, -0.25) is 14.4 Å². The fourth-order valence-corrected chi connectivity index (χ4v) is 7.53. The van der Waals surface area contributed by atoms with Crippen LogP contribution in [0.15, 0.2) is 115 Å². The van der Waals surface area contributed by atoms with Crippen molar-refractivity contribution in [3.8, 4) is 17.2 Å². The summed E-state index contributed by atoms with van der Waals surface area (Å²) in [7, 11) is 0. The largest absolute Gasteiger partial charge is 0.481 e. The van der Waals surface area contributed by atoms with Crippen molar-refractivity contribution in [3.63, 3.8) is 0 Å². The molecule has 0 radical (unpaired) electrons. The average Bonchev–Trinajstić information content (AvgIpc) is 2.28. The second kappa shape index (κ2) is 39.3. The van der Waals surface area contributed by atoms with Gasteiger partial charge in [0.25, 0.3) is 0 Å². The lowest BCUT2D eigenvalue weighted by Crippen LogP contribution is -2.34. The van der Waals surface area contributed by atoms with Crippen LogP contribution in [0.25, 0.3) is 0 Å². The first-order chi connectivity index (χ1) is 41.3. The highest BCUT2D eigenvalue weighted by molar-refractivity contribution is 5.94. The number of carboxylic acids is 1. The zero-order chi connectivity index (χ0) is 63.4. The number of esters is 8. The first kappa shape index (κ1) is 71.0. The Morgan fingerprint density at radius 3 is 1.03 bits per heavy atom. The number of hydrogen-bond donors (Lipinski definition) is 2. The van der Waals surface area contributed by atoms with E-state index < -0.39 is 65.6 Å². The van der Waals surface area contributed by atoms with Crippen LogP contribution < -0.4 is 19.9 Å². The number of hydrogen-bond acceptors (Lipinski definition) is 21. The van der Waals surface area contributed by atoms with E-state index >= 15 is 0 Å². The second-order valence-corrected chi connectivity index (χ2v) is 18.5. The summed E-state index contributed by atoms with van der Waals surface area (Å²) in [5, 5.41) is 8.99. The van der Waals surface area contributed by atoms with Gasteiger partial charge in [-0.2, -0.15) is 0 Å². The Kier molecular flexibility index (Phi) is 32.4. The molecule has 5 rings (SSSR count). The lowest BCUT2D eigenvalue weighted by molar-refractivity contribution is -0.149. The number of aliphatic carboxylic acids is 1. The quantitative estimate of drug-likeness (QED) is 0.0310. The second-order valence-electron chi connectivity index (χ2n) is 18.5. The summed E-state index contributed by atoms with van der Waals surface area (Å²) in [6.45, 7) is 14.1. The van der Waals surface area contributed by atoms with Crippen LogP contribution in [-0.2, 0) is 99.1 Å². The van der Waals surface area contributed by atoms with E-state index in [-0.39, 0.29) is 127 Å². The summed E-state index contributed by atoms with van der Waals surface area (Å²) in [5.74, 6) is -5.62. The Morgan fingerprint density at radius 1 is 0.395 bits per heavy atom. The third-order valence-corrected chi connectivity index (χ3v) is 11.7. The van der Waals surface area contributed by atoms with Crippen molar-refractivity contribution in [1.29, 1.82) is 0 Å². The molecule has 0 fully saturated rings. The number of ether oxygens (including phenoxy) is 11. The Hall–Kier alpha value is -9.31. The minimum atomic E-state index is -0.921. The molecule has 0 spiro atoms. The van der Waals surface area contributed by atoms with Gasteiger partial charge in [0.1, 0.15) is 53.2 Å². The fraction of sp³-hybridized carbons (Fsp3) is 0.391. The molecular formula is C64H79NO21. The Labute approximate surface area is 501 Å². The van der Waals surface area contributed by atoms with Gasteiger partial charge >= 0.3 is 53.7 Å². The molecule has 3 atom stereocenters. The highest BCUT2D eigenvalue weighted by Crippen LogP contribution is 2.26. The summed E-state index contributed by atoms with van der Waals surface area (Å²) < 4.78 is 56.4. The number of carbonyl (C=O) groups is 9. The lowest BCUT2D eigenvalue weighted by atomic mass is 9.99. The maximum atomic E-state index is 12.4. The van der Waals surface area contributed by atoms with Crippen molar-refractivity contribution in [3.05, 3.63) is 160 Å². The van der Waals surface area contributed by atoms with Gasteiger partial charge in [-0.1, -0.05) is 92.7 Å². The van der Waals surface area contributed by atoms with Crippen LogP contribution in [0, 0.1) is 11.8 Å². The topological polar surface area (TPSA) is 301 Å². The van der Waals surface area contributed by atoms with Gasteiger partial charge in [0.05, 0.1) is 51.5 Å². The normalized spacial score (nSPS) is 11.4. The van der Waals surface area contributed by atoms with Crippen LogP contribution in [0.2, 0.25) is 0 Å². The minimum Gasteiger partial charge on any atom is -0.481 e. The molecule has 0 saturated carbocycles. The summed E-state index contributed by atoms with van der Waals surface area (Å²) in [4.78, 5) is 107. The summed E-state index contributed by atoms with van der Waals surface area (Å²) in [6, 6.07) is 32.2. The summed E-state index contributed by atoms with van der Waals surface area (Å²) in [5.41, 5.74) is 10.3. The predicted molar refractivity (Wildman–Crippen MR) is 313 cm³/mol. The van der Waals surface area contributed by atoms with Crippen LogP contribution in [-0.4, -0.2) is 124 Å². The molecule has 0 amide bonds. The molecule has 22 heteroatoms. The third kappa shape index (κ3) is 26.1. The molecule has 5 aromatic carbocycles. The van der Waals surface area contributed by atoms with Crippen LogP contribution in [0.5, 0.6) is 17.2 Å². The van der Waals surface area contributed by atoms with Gasteiger partial charge in [0, 0.05) is 1.43 Å². The molecule has 86 heavy (non-hydrogen) atoms. The van der Waals surface area contributed by atoms with E-state index in [0.29, 0.717) is 17.5 Å². The van der Waals surface area contributed by atoms with Gasteiger partial charge in [-0.05, 0) is 125 Å². The maximum absolute atomic E-state index is 12.4. The minimum absolute atomic E-state index is 0. The van der Waals surface area contributed by atoms with Crippen LogP contribution in [0.3, 0.4) is 0 Å². The highest BCUT2D eigenvalue weighted by atomic mass is 16.6. The van der Waals surface area contributed by atoms with Crippen molar-refractivity contribution in [1.82, 2.24) is 0 Å². The van der Waals surface area contributed by atoms with E-state index in [4.69, 9.17) is 62.9 Å². The van der Waals surface area contributed by atoms with E-state index in [0.717, 1.165) is 16.7 Å². The molecule has 466 valence electrons. The van der Waals surface area contributed by atoms with Crippen LogP contribution >= 0.6 is 0 Å². The first-order valence-corrected chi connectivity index (χ1v) is 27.9. The molecule has 0 saturated heterocycles. The molecule has 0 unspecified atom stereocenters. The summed E-state index contributed by atoms with van der Waals surface area (Å²) >= 11 is 0. The zero-order valence-corrected chi connectivity index (χ0v) is 49.8. The number of rotatable bonds is 31.